The molecule has 1 heterocycles. The van der Waals surface area contributed by atoms with Gasteiger partial charge in [-0.05, 0) is 45.3 Å². The van der Waals surface area contributed by atoms with E-state index in [1.54, 1.807) is 0 Å². The summed E-state index contributed by atoms with van der Waals surface area (Å²) in [5.41, 5.74) is 5.48. The average molecular weight is 241 g/mol. The van der Waals surface area contributed by atoms with Crippen LogP contribution in [0.2, 0.25) is 0 Å². The van der Waals surface area contributed by atoms with Crippen molar-refractivity contribution in [3.8, 4) is 0 Å². The van der Waals surface area contributed by atoms with Crippen LogP contribution in [0.25, 0.3) is 0 Å². The van der Waals surface area contributed by atoms with Crippen LogP contribution in [0.3, 0.4) is 0 Å². The number of piperidine rings is 1. The van der Waals surface area contributed by atoms with E-state index in [0.717, 1.165) is 12.8 Å². The van der Waals surface area contributed by atoms with Crippen molar-refractivity contribution in [2.24, 2.45) is 16.3 Å². The Balaban J connectivity index is 2.14. The quantitative estimate of drug-likeness (QED) is 0.247. The smallest absolute Gasteiger partial charge is 0.144 e. The van der Waals surface area contributed by atoms with Gasteiger partial charge in [0.1, 0.15) is 5.84 Å². The highest BCUT2D eigenvalue weighted by Crippen LogP contribution is 2.23. The van der Waals surface area contributed by atoms with Gasteiger partial charge in [0, 0.05) is 5.41 Å². The summed E-state index contributed by atoms with van der Waals surface area (Å²) in [7, 11) is 0. The van der Waals surface area contributed by atoms with E-state index >= 15 is 0 Å². The number of rotatable bonds is 6. The van der Waals surface area contributed by atoms with Crippen LogP contribution in [0, 0.1) is 5.41 Å². The second-order valence-electron chi connectivity index (χ2n) is 5.73. The summed E-state index contributed by atoms with van der Waals surface area (Å²) in [5.74, 6) is 0.343. The number of hydrogen-bond acceptors (Lipinski definition) is 3. The molecule has 0 aromatic heterocycles. The van der Waals surface area contributed by atoms with Gasteiger partial charge < -0.3 is 15.8 Å². The minimum Gasteiger partial charge on any atom is -0.409 e. The number of hydrogen-bond donors (Lipinski definition) is 2. The second kappa shape index (κ2) is 6.84. The molecule has 1 saturated heterocycles. The molecule has 0 unspecified atom stereocenters. The number of unbranched alkanes of at least 4 members (excludes halogenated alkanes) is 1. The Morgan fingerprint density at radius 1 is 1.24 bits per heavy atom. The molecular formula is C13H27N3O. The Kier molecular flexibility index (Phi) is 5.75. The van der Waals surface area contributed by atoms with Crippen molar-refractivity contribution in [1.82, 2.24) is 4.90 Å². The molecule has 3 N–H and O–H groups in total. The lowest BCUT2D eigenvalue weighted by Gasteiger charge is -2.27. The molecule has 1 aliphatic rings. The topological polar surface area (TPSA) is 61.8 Å². The van der Waals surface area contributed by atoms with Crippen LogP contribution in [0.1, 0.15) is 52.4 Å². The molecule has 4 heteroatoms. The van der Waals surface area contributed by atoms with Gasteiger partial charge in [-0.1, -0.05) is 31.8 Å². The van der Waals surface area contributed by atoms with Crippen molar-refractivity contribution in [3.05, 3.63) is 0 Å². The Morgan fingerprint density at radius 3 is 2.47 bits per heavy atom. The SMILES string of the molecule is CC(C)(CCCCN1CCCCC1)C(N)=NO. The summed E-state index contributed by atoms with van der Waals surface area (Å²) >= 11 is 0. The summed E-state index contributed by atoms with van der Waals surface area (Å²) in [6, 6.07) is 0. The Bertz CT molecular complexity index is 245. The van der Waals surface area contributed by atoms with E-state index in [4.69, 9.17) is 10.9 Å². The Labute approximate surface area is 105 Å². The summed E-state index contributed by atoms with van der Waals surface area (Å²) in [4.78, 5) is 2.56. The van der Waals surface area contributed by atoms with Crippen LogP contribution >= 0.6 is 0 Å². The van der Waals surface area contributed by atoms with Crippen LogP contribution in [0.5, 0.6) is 0 Å². The summed E-state index contributed by atoms with van der Waals surface area (Å²) < 4.78 is 0. The lowest BCUT2D eigenvalue weighted by atomic mass is 9.86. The maximum atomic E-state index is 8.69. The predicted octanol–water partition coefficient (Wildman–Crippen LogP) is 2.42. The molecule has 0 aromatic rings. The molecule has 0 saturated carbocycles. The van der Waals surface area contributed by atoms with Crippen LogP contribution in [-0.4, -0.2) is 35.6 Å². The monoisotopic (exact) mass is 241 g/mol. The van der Waals surface area contributed by atoms with Gasteiger partial charge in [0.2, 0.25) is 0 Å². The summed E-state index contributed by atoms with van der Waals surface area (Å²) in [5, 5.41) is 11.8. The van der Waals surface area contributed by atoms with Gasteiger partial charge in [0.05, 0.1) is 0 Å². The lowest BCUT2D eigenvalue weighted by molar-refractivity contribution is 0.221. The van der Waals surface area contributed by atoms with E-state index < -0.39 is 0 Å². The molecule has 0 radical (unpaired) electrons. The van der Waals surface area contributed by atoms with E-state index in [0.29, 0.717) is 5.84 Å². The third-order valence-electron chi connectivity index (χ3n) is 3.78. The molecule has 0 aromatic carbocycles. The molecule has 17 heavy (non-hydrogen) atoms. The highest BCUT2D eigenvalue weighted by Gasteiger charge is 2.22. The van der Waals surface area contributed by atoms with E-state index in [-0.39, 0.29) is 5.41 Å². The van der Waals surface area contributed by atoms with Gasteiger partial charge in [-0.15, -0.1) is 0 Å². The van der Waals surface area contributed by atoms with E-state index in [2.05, 4.69) is 10.1 Å². The van der Waals surface area contributed by atoms with Crippen molar-refractivity contribution >= 4 is 5.84 Å². The first kappa shape index (κ1) is 14.3. The minimum atomic E-state index is -0.184. The standard InChI is InChI=1S/C13H27N3O/c1-13(2,12(14)15-17)8-4-7-11-16-9-5-3-6-10-16/h17H,3-11H2,1-2H3,(H2,14,15). The first-order valence-electron chi connectivity index (χ1n) is 6.76. The molecule has 1 aliphatic heterocycles. The number of likely N-dealkylation sites (tertiary alicyclic amines) is 1. The van der Waals surface area contributed by atoms with Crippen molar-refractivity contribution < 1.29 is 5.21 Å². The minimum absolute atomic E-state index is 0.184. The van der Waals surface area contributed by atoms with Gasteiger partial charge in [0.15, 0.2) is 0 Å². The van der Waals surface area contributed by atoms with Crippen molar-refractivity contribution in [2.45, 2.75) is 52.4 Å². The van der Waals surface area contributed by atoms with Gasteiger partial charge >= 0.3 is 0 Å². The zero-order chi connectivity index (χ0) is 12.7. The van der Waals surface area contributed by atoms with E-state index in [1.807, 2.05) is 13.8 Å². The predicted molar refractivity (Wildman–Crippen MR) is 71.3 cm³/mol. The third-order valence-corrected chi connectivity index (χ3v) is 3.78. The fraction of sp³-hybridized carbons (Fsp3) is 0.923. The second-order valence-corrected chi connectivity index (χ2v) is 5.73. The molecule has 4 nitrogen and oxygen atoms in total. The molecule has 1 fully saturated rings. The normalized spacial score (nSPS) is 19.5. The largest absolute Gasteiger partial charge is 0.409 e. The van der Waals surface area contributed by atoms with Gasteiger partial charge in [-0.25, -0.2) is 0 Å². The maximum absolute atomic E-state index is 8.69. The molecule has 0 amide bonds. The van der Waals surface area contributed by atoms with Crippen molar-refractivity contribution in [3.63, 3.8) is 0 Å². The first-order chi connectivity index (χ1) is 8.06. The molecule has 0 bridgehead atoms. The van der Waals surface area contributed by atoms with E-state index in [1.165, 1.54) is 45.3 Å². The van der Waals surface area contributed by atoms with Crippen LogP contribution in [0.4, 0.5) is 0 Å². The maximum Gasteiger partial charge on any atom is 0.144 e. The fourth-order valence-electron chi connectivity index (χ4n) is 2.35. The van der Waals surface area contributed by atoms with Gasteiger partial charge in [-0.3, -0.25) is 0 Å². The number of oxime groups is 1. The highest BCUT2D eigenvalue weighted by atomic mass is 16.4. The lowest BCUT2D eigenvalue weighted by Crippen LogP contribution is -2.33. The van der Waals surface area contributed by atoms with Gasteiger partial charge in [0.25, 0.3) is 0 Å². The zero-order valence-corrected chi connectivity index (χ0v) is 11.3. The number of amidine groups is 1. The molecule has 1 rings (SSSR count). The number of nitrogens with two attached hydrogens (primary N) is 1. The van der Waals surface area contributed by atoms with Crippen LogP contribution in [-0.2, 0) is 0 Å². The average Bonchev–Trinajstić information content (AvgIpc) is 2.35. The van der Waals surface area contributed by atoms with Crippen molar-refractivity contribution in [1.29, 1.82) is 0 Å². The van der Waals surface area contributed by atoms with Crippen molar-refractivity contribution in [2.75, 3.05) is 19.6 Å². The molecular weight excluding hydrogens is 214 g/mol. The zero-order valence-electron chi connectivity index (χ0n) is 11.3. The molecule has 0 atom stereocenters. The first-order valence-corrected chi connectivity index (χ1v) is 6.76. The van der Waals surface area contributed by atoms with Gasteiger partial charge in [-0.2, -0.15) is 0 Å². The summed E-state index contributed by atoms with van der Waals surface area (Å²) in [6.07, 6.45) is 7.44. The van der Waals surface area contributed by atoms with Crippen LogP contribution in [0.15, 0.2) is 5.16 Å². The molecule has 0 spiro atoms. The highest BCUT2D eigenvalue weighted by molar-refractivity contribution is 5.85. The number of nitrogens with zero attached hydrogens (tertiary/aromatic N) is 2. The van der Waals surface area contributed by atoms with E-state index in [9.17, 15) is 0 Å². The Hall–Kier alpha value is -0.770. The third kappa shape index (κ3) is 4.94. The van der Waals surface area contributed by atoms with Crippen LogP contribution < -0.4 is 5.73 Å². The molecule has 0 aliphatic carbocycles. The Morgan fingerprint density at radius 2 is 1.88 bits per heavy atom. The molecule has 100 valence electrons. The fourth-order valence-corrected chi connectivity index (χ4v) is 2.35. The summed E-state index contributed by atoms with van der Waals surface area (Å²) in [6.45, 7) is 7.80.